The number of carbonyl (C=O) groups is 2. The number of aliphatic imine (C=N–C) groups is 1. The number of nitrogens with one attached hydrogen (secondary N) is 3. The summed E-state index contributed by atoms with van der Waals surface area (Å²) < 4.78 is 0. The molecule has 8 heteroatoms. The van der Waals surface area contributed by atoms with E-state index in [1.807, 2.05) is 56.0 Å². The van der Waals surface area contributed by atoms with Gasteiger partial charge in [0.25, 0.3) is 0 Å². The number of rotatable bonds is 8. The fraction of sp³-hybridized carbons (Fsp3) is 0.571. The highest BCUT2D eigenvalue weighted by molar-refractivity contribution is 14.0. The van der Waals surface area contributed by atoms with Crippen molar-refractivity contribution in [1.29, 1.82) is 0 Å². The third kappa shape index (κ3) is 9.01. The van der Waals surface area contributed by atoms with Crippen LogP contribution in [0, 0.1) is 5.92 Å². The van der Waals surface area contributed by atoms with Crippen LogP contribution in [-0.2, 0) is 16.1 Å². The minimum Gasteiger partial charge on any atom is -0.357 e. The van der Waals surface area contributed by atoms with E-state index in [0.29, 0.717) is 32.0 Å². The molecule has 0 aromatic heterocycles. The lowest BCUT2D eigenvalue weighted by atomic mass is 10.2. The molecule has 1 heterocycles. The Morgan fingerprint density at radius 1 is 1.21 bits per heavy atom. The molecule has 0 spiro atoms. The minimum atomic E-state index is -0.0157. The first-order valence-electron chi connectivity index (χ1n) is 10.1. The second kappa shape index (κ2) is 13.4. The van der Waals surface area contributed by atoms with Gasteiger partial charge in [0, 0.05) is 44.6 Å². The molecule has 0 bridgehead atoms. The van der Waals surface area contributed by atoms with E-state index in [9.17, 15) is 9.59 Å². The van der Waals surface area contributed by atoms with E-state index >= 15 is 0 Å². The third-order valence-corrected chi connectivity index (χ3v) is 4.62. The van der Waals surface area contributed by atoms with Crippen molar-refractivity contribution in [3.05, 3.63) is 35.9 Å². The van der Waals surface area contributed by atoms with Crippen LogP contribution in [-0.4, -0.2) is 54.9 Å². The number of hydrogen-bond acceptors (Lipinski definition) is 3. The fourth-order valence-corrected chi connectivity index (χ4v) is 3.11. The zero-order valence-electron chi connectivity index (χ0n) is 17.6. The van der Waals surface area contributed by atoms with E-state index in [1.165, 1.54) is 0 Å². The molecule has 1 saturated heterocycles. The standard InChI is InChI=1S/C21H33N5O2.HI/c1-4-22-21(25-18-11-13-26(15-18)20(28)16(2)3)23-12-10-19(27)24-14-17-8-6-5-7-9-17;/h5-9,16,18H,4,10-15H2,1-3H3,(H,24,27)(H2,22,23,25);1H. The maximum absolute atomic E-state index is 12.1. The molecule has 1 aliphatic rings. The molecule has 2 amide bonds. The minimum absolute atomic E-state index is 0. The molecule has 7 nitrogen and oxygen atoms in total. The van der Waals surface area contributed by atoms with Crippen molar-refractivity contribution >= 4 is 41.8 Å². The lowest BCUT2D eigenvalue weighted by Gasteiger charge is -2.20. The van der Waals surface area contributed by atoms with Crippen LogP contribution in [0.25, 0.3) is 0 Å². The molecule has 1 fully saturated rings. The van der Waals surface area contributed by atoms with Gasteiger partial charge < -0.3 is 20.9 Å². The third-order valence-electron chi connectivity index (χ3n) is 4.62. The highest BCUT2D eigenvalue weighted by Gasteiger charge is 2.27. The Hall–Kier alpha value is -1.84. The van der Waals surface area contributed by atoms with Gasteiger partial charge in [-0.05, 0) is 18.9 Å². The molecule has 0 aliphatic carbocycles. The van der Waals surface area contributed by atoms with E-state index < -0.39 is 0 Å². The number of likely N-dealkylation sites (tertiary alicyclic amines) is 1. The number of hydrogen-bond donors (Lipinski definition) is 3. The van der Waals surface area contributed by atoms with Crippen LogP contribution in [0.5, 0.6) is 0 Å². The summed E-state index contributed by atoms with van der Waals surface area (Å²) in [5, 5.41) is 9.51. The van der Waals surface area contributed by atoms with Crippen LogP contribution < -0.4 is 16.0 Å². The second-order valence-electron chi connectivity index (χ2n) is 7.34. The molecule has 1 unspecified atom stereocenters. The molecule has 3 N–H and O–H groups in total. The Morgan fingerprint density at radius 3 is 2.59 bits per heavy atom. The first-order valence-corrected chi connectivity index (χ1v) is 10.1. The number of guanidine groups is 1. The van der Waals surface area contributed by atoms with Crippen LogP contribution in [0.4, 0.5) is 0 Å². The number of amides is 2. The van der Waals surface area contributed by atoms with E-state index in [4.69, 9.17) is 0 Å². The highest BCUT2D eigenvalue weighted by Crippen LogP contribution is 2.12. The van der Waals surface area contributed by atoms with E-state index in [2.05, 4.69) is 20.9 Å². The largest absolute Gasteiger partial charge is 0.357 e. The normalized spacial score (nSPS) is 16.3. The number of benzene rings is 1. The van der Waals surface area contributed by atoms with Gasteiger partial charge in [0.15, 0.2) is 5.96 Å². The first kappa shape index (κ1) is 25.2. The molecular weight excluding hydrogens is 481 g/mol. The van der Waals surface area contributed by atoms with Gasteiger partial charge in [-0.2, -0.15) is 0 Å². The first-order chi connectivity index (χ1) is 13.5. The van der Waals surface area contributed by atoms with Gasteiger partial charge in [-0.15, -0.1) is 24.0 Å². The fourth-order valence-electron chi connectivity index (χ4n) is 3.11. The number of halogens is 1. The Bertz CT molecular complexity index is 666. The predicted octanol–water partition coefficient (Wildman–Crippen LogP) is 2.12. The molecule has 1 aliphatic heterocycles. The Kier molecular flexibility index (Phi) is 11.6. The van der Waals surface area contributed by atoms with Crippen LogP contribution in [0.1, 0.15) is 39.2 Å². The van der Waals surface area contributed by atoms with Crippen molar-refractivity contribution in [1.82, 2.24) is 20.9 Å². The van der Waals surface area contributed by atoms with Crippen molar-refractivity contribution in [2.75, 3.05) is 26.2 Å². The zero-order chi connectivity index (χ0) is 20.4. The molecule has 0 radical (unpaired) electrons. The van der Waals surface area contributed by atoms with E-state index in [-0.39, 0.29) is 47.8 Å². The number of carbonyl (C=O) groups excluding carboxylic acids is 2. The zero-order valence-corrected chi connectivity index (χ0v) is 19.9. The van der Waals surface area contributed by atoms with Crippen LogP contribution in [0.2, 0.25) is 0 Å². The predicted molar refractivity (Wildman–Crippen MR) is 127 cm³/mol. The summed E-state index contributed by atoms with van der Waals surface area (Å²) >= 11 is 0. The van der Waals surface area contributed by atoms with Crippen LogP contribution in [0.3, 0.4) is 0 Å². The molecule has 162 valence electrons. The van der Waals surface area contributed by atoms with Crippen molar-refractivity contribution in [2.24, 2.45) is 10.9 Å². The average Bonchev–Trinajstić information content (AvgIpc) is 3.15. The van der Waals surface area contributed by atoms with Gasteiger partial charge in [0.1, 0.15) is 0 Å². The van der Waals surface area contributed by atoms with Crippen molar-refractivity contribution in [3.8, 4) is 0 Å². The van der Waals surface area contributed by atoms with E-state index in [1.54, 1.807) is 0 Å². The number of nitrogens with zero attached hydrogens (tertiary/aromatic N) is 2. The monoisotopic (exact) mass is 515 g/mol. The Balaban J connectivity index is 0.00000420. The van der Waals surface area contributed by atoms with Crippen LogP contribution >= 0.6 is 24.0 Å². The molecule has 1 aromatic carbocycles. The summed E-state index contributed by atoms with van der Waals surface area (Å²) in [6.07, 6.45) is 1.24. The van der Waals surface area contributed by atoms with Gasteiger partial charge in [-0.1, -0.05) is 44.2 Å². The van der Waals surface area contributed by atoms with Crippen molar-refractivity contribution in [3.63, 3.8) is 0 Å². The molecule has 29 heavy (non-hydrogen) atoms. The van der Waals surface area contributed by atoms with Crippen molar-refractivity contribution < 1.29 is 9.59 Å². The van der Waals surface area contributed by atoms with Crippen LogP contribution in [0.15, 0.2) is 35.3 Å². The molecule has 1 atom stereocenters. The smallest absolute Gasteiger partial charge is 0.225 e. The SMILES string of the molecule is CCNC(=NCCC(=O)NCc1ccccc1)NC1CCN(C(=O)C(C)C)C1.I. The molecule has 0 saturated carbocycles. The highest BCUT2D eigenvalue weighted by atomic mass is 127. The van der Waals surface area contributed by atoms with Crippen molar-refractivity contribution in [2.45, 2.75) is 46.2 Å². The molecule has 1 aromatic rings. The summed E-state index contributed by atoms with van der Waals surface area (Å²) in [6, 6.07) is 10.0. The Morgan fingerprint density at radius 2 is 1.93 bits per heavy atom. The summed E-state index contributed by atoms with van der Waals surface area (Å²) in [5.41, 5.74) is 1.08. The summed E-state index contributed by atoms with van der Waals surface area (Å²) in [4.78, 5) is 30.6. The Labute approximate surface area is 191 Å². The van der Waals surface area contributed by atoms with Gasteiger partial charge >= 0.3 is 0 Å². The quantitative estimate of drug-likeness (QED) is 0.281. The maximum Gasteiger partial charge on any atom is 0.225 e. The molecule has 2 rings (SSSR count). The van der Waals surface area contributed by atoms with Gasteiger partial charge in [-0.25, -0.2) is 0 Å². The lowest BCUT2D eigenvalue weighted by molar-refractivity contribution is -0.133. The van der Waals surface area contributed by atoms with Gasteiger partial charge in [0.2, 0.25) is 11.8 Å². The summed E-state index contributed by atoms with van der Waals surface area (Å²) in [7, 11) is 0. The molecular formula is C21H34IN5O2. The average molecular weight is 515 g/mol. The van der Waals surface area contributed by atoms with Gasteiger partial charge in [-0.3, -0.25) is 14.6 Å². The summed E-state index contributed by atoms with van der Waals surface area (Å²) in [5.74, 6) is 0.900. The second-order valence-corrected chi connectivity index (χ2v) is 7.34. The maximum atomic E-state index is 12.1. The lowest BCUT2D eigenvalue weighted by Crippen LogP contribution is -2.45. The van der Waals surface area contributed by atoms with Gasteiger partial charge in [0.05, 0.1) is 6.54 Å². The summed E-state index contributed by atoms with van der Waals surface area (Å²) in [6.45, 7) is 9.02. The topological polar surface area (TPSA) is 85.8 Å². The van der Waals surface area contributed by atoms with E-state index in [0.717, 1.165) is 25.1 Å².